The lowest BCUT2D eigenvalue weighted by molar-refractivity contribution is 0.0941. The summed E-state index contributed by atoms with van der Waals surface area (Å²) < 4.78 is 15.6. The van der Waals surface area contributed by atoms with Gasteiger partial charge in [-0.05, 0) is 12.1 Å². The third kappa shape index (κ3) is 3.20. The largest absolute Gasteiger partial charge is 0.461 e. The second-order valence-corrected chi connectivity index (χ2v) is 5.28. The van der Waals surface area contributed by atoms with Crippen LogP contribution in [0.2, 0.25) is 0 Å². The zero-order valence-electron chi connectivity index (χ0n) is 13.0. The van der Waals surface area contributed by atoms with Crippen LogP contribution in [0.3, 0.4) is 0 Å². The van der Waals surface area contributed by atoms with E-state index in [1.54, 1.807) is 30.5 Å². The fourth-order valence-electron chi connectivity index (χ4n) is 2.31. The average molecular weight is 335 g/mol. The van der Waals surface area contributed by atoms with Gasteiger partial charge in [0.1, 0.15) is 5.69 Å². The number of aromatic nitrogens is 2. The summed E-state index contributed by atoms with van der Waals surface area (Å²) in [6, 6.07) is 16.3. The molecule has 0 radical (unpaired) electrons. The summed E-state index contributed by atoms with van der Waals surface area (Å²) in [4.78, 5) is 12.2. The van der Waals surface area contributed by atoms with Crippen molar-refractivity contribution in [2.45, 2.75) is 6.54 Å². The second-order valence-electron chi connectivity index (χ2n) is 5.28. The van der Waals surface area contributed by atoms with Crippen LogP contribution in [0.25, 0.3) is 22.8 Å². The summed E-state index contributed by atoms with van der Waals surface area (Å²) in [5, 5.41) is 10.4. The lowest BCUT2D eigenvalue weighted by Gasteiger charge is -1.97. The number of hydrogen-bond acceptors (Lipinski definition) is 6. The summed E-state index contributed by atoms with van der Waals surface area (Å²) in [5.74, 6) is 1.26. The van der Waals surface area contributed by atoms with Crippen molar-refractivity contribution in [3.63, 3.8) is 0 Å². The predicted molar refractivity (Wildman–Crippen MR) is 87.3 cm³/mol. The minimum Gasteiger partial charge on any atom is -0.461 e. The van der Waals surface area contributed by atoms with Crippen LogP contribution in [0, 0.1) is 0 Å². The molecule has 124 valence electrons. The molecule has 0 aliphatic heterocycles. The van der Waals surface area contributed by atoms with Crippen molar-refractivity contribution in [2.75, 3.05) is 0 Å². The van der Waals surface area contributed by atoms with E-state index in [1.165, 1.54) is 0 Å². The van der Waals surface area contributed by atoms with E-state index < -0.39 is 0 Å². The zero-order chi connectivity index (χ0) is 17.1. The molecule has 1 N–H and O–H groups in total. The second kappa shape index (κ2) is 6.48. The molecule has 25 heavy (non-hydrogen) atoms. The number of nitrogens with one attached hydrogen (secondary N) is 1. The number of nitrogens with zero attached hydrogens (tertiary/aromatic N) is 2. The molecule has 0 aliphatic carbocycles. The Morgan fingerprint density at radius 2 is 1.76 bits per heavy atom. The Labute approximate surface area is 142 Å². The van der Waals surface area contributed by atoms with Crippen molar-refractivity contribution in [3.05, 3.63) is 72.2 Å². The Hall–Kier alpha value is -3.61. The molecule has 3 aromatic heterocycles. The Bertz CT molecular complexity index is 971. The van der Waals surface area contributed by atoms with Gasteiger partial charge in [0.05, 0.1) is 12.8 Å². The molecular formula is C18H13N3O4. The van der Waals surface area contributed by atoms with Gasteiger partial charge in [-0.25, -0.2) is 0 Å². The lowest BCUT2D eigenvalue weighted by Crippen LogP contribution is -2.23. The smallest absolute Gasteiger partial charge is 0.273 e. The molecule has 4 rings (SSSR count). The summed E-state index contributed by atoms with van der Waals surface area (Å²) in [6.07, 6.45) is 1.55. The molecule has 0 saturated heterocycles. The number of carbonyl (C=O) groups excluding carboxylic acids is 1. The van der Waals surface area contributed by atoms with Gasteiger partial charge in [-0.1, -0.05) is 40.6 Å². The van der Waals surface area contributed by atoms with Crippen molar-refractivity contribution in [2.24, 2.45) is 0 Å². The number of hydrogen-bond donors (Lipinski definition) is 1. The van der Waals surface area contributed by atoms with E-state index in [9.17, 15) is 4.79 Å². The quantitative estimate of drug-likeness (QED) is 0.599. The Morgan fingerprint density at radius 3 is 2.56 bits per heavy atom. The van der Waals surface area contributed by atoms with Crippen molar-refractivity contribution < 1.29 is 18.3 Å². The van der Waals surface area contributed by atoms with Crippen LogP contribution in [0.5, 0.6) is 0 Å². The first-order valence-corrected chi connectivity index (χ1v) is 7.59. The van der Waals surface area contributed by atoms with Crippen LogP contribution >= 0.6 is 0 Å². The van der Waals surface area contributed by atoms with Crippen LogP contribution < -0.4 is 5.32 Å². The van der Waals surface area contributed by atoms with Crippen LogP contribution in [0.15, 0.2) is 74.3 Å². The molecule has 0 saturated carbocycles. The van der Waals surface area contributed by atoms with Gasteiger partial charge < -0.3 is 18.8 Å². The summed E-state index contributed by atoms with van der Waals surface area (Å²) in [5.41, 5.74) is 1.63. The lowest BCUT2D eigenvalue weighted by atomic mass is 10.1. The van der Waals surface area contributed by atoms with E-state index in [0.717, 1.165) is 5.56 Å². The number of benzene rings is 1. The van der Waals surface area contributed by atoms with Gasteiger partial charge in [-0.15, -0.1) is 0 Å². The Morgan fingerprint density at radius 1 is 0.920 bits per heavy atom. The monoisotopic (exact) mass is 335 g/mol. The molecular weight excluding hydrogens is 322 g/mol. The molecule has 0 aliphatic rings. The van der Waals surface area contributed by atoms with Crippen molar-refractivity contribution >= 4 is 5.91 Å². The van der Waals surface area contributed by atoms with Gasteiger partial charge in [0.15, 0.2) is 17.2 Å². The van der Waals surface area contributed by atoms with E-state index in [2.05, 4.69) is 15.6 Å². The van der Waals surface area contributed by atoms with Crippen LogP contribution in [0.4, 0.5) is 0 Å². The number of furan rings is 1. The minimum atomic E-state index is -0.353. The van der Waals surface area contributed by atoms with Gasteiger partial charge in [0, 0.05) is 17.7 Å². The molecule has 0 atom stereocenters. The highest BCUT2D eigenvalue weighted by Gasteiger charge is 2.15. The normalized spacial score (nSPS) is 10.7. The third-order valence-corrected chi connectivity index (χ3v) is 3.55. The van der Waals surface area contributed by atoms with Crippen molar-refractivity contribution in [3.8, 4) is 22.8 Å². The molecule has 0 bridgehead atoms. The first-order valence-electron chi connectivity index (χ1n) is 7.59. The number of carbonyl (C=O) groups is 1. The van der Waals surface area contributed by atoms with E-state index in [1.807, 2.05) is 30.3 Å². The molecule has 3 heterocycles. The average Bonchev–Trinajstić information content (AvgIpc) is 3.41. The first-order chi connectivity index (χ1) is 12.3. The van der Waals surface area contributed by atoms with E-state index in [4.69, 9.17) is 13.5 Å². The molecule has 1 aromatic carbocycles. The van der Waals surface area contributed by atoms with Gasteiger partial charge in [0.2, 0.25) is 5.76 Å². The highest BCUT2D eigenvalue weighted by molar-refractivity contribution is 5.93. The molecule has 7 nitrogen and oxygen atoms in total. The van der Waals surface area contributed by atoms with Gasteiger partial charge in [-0.3, -0.25) is 4.79 Å². The van der Waals surface area contributed by atoms with Crippen LogP contribution in [-0.2, 0) is 6.54 Å². The SMILES string of the molecule is O=C(NCc1cc(-c2ccco2)on1)c1cc(-c2ccccc2)on1. The third-order valence-electron chi connectivity index (χ3n) is 3.55. The topological polar surface area (TPSA) is 94.3 Å². The van der Waals surface area contributed by atoms with Gasteiger partial charge in [0.25, 0.3) is 5.91 Å². The Kier molecular flexibility index (Phi) is 3.88. The van der Waals surface area contributed by atoms with E-state index >= 15 is 0 Å². The van der Waals surface area contributed by atoms with E-state index in [-0.39, 0.29) is 18.1 Å². The maximum atomic E-state index is 12.2. The summed E-state index contributed by atoms with van der Waals surface area (Å²) >= 11 is 0. The van der Waals surface area contributed by atoms with Crippen molar-refractivity contribution in [1.82, 2.24) is 15.6 Å². The molecule has 1 amide bonds. The van der Waals surface area contributed by atoms with Gasteiger partial charge in [-0.2, -0.15) is 0 Å². The predicted octanol–water partition coefficient (Wildman–Crippen LogP) is 3.52. The maximum Gasteiger partial charge on any atom is 0.273 e. The highest BCUT2D eigenvalue weighted by Crippen LogP contribution is 2.21. The molecule has 4 aromatic rings. The minimum absolute atomic E-state index is 0.202. The van der Waals surface area contributed by atoms with Crippen LogP contribution in [-0.4, -0.2) is 16.2 Å². The molecule has 0 unspecified atom stereocenters. The maximum absolute atomic E-state index is 12.2. The van der Waals surface area contributed by atoms with E-state index in [0.29, 0.717) is 23.0 Å². The standard InChI is InChI=1S/C18H13N3O4/c22-18(14-10-16(24-21-14)12-5-2-1-3-6-12)19-11-13-9-17(25-20-13)15-7-4-8-23-15/h1-10H,11H2,(H,19,22). The highest BCUT2D eigenvalue weighted by atomic mass is 16.5. The Balaban J connectivity index is 1.40. The molecule has 0 fully saturated rings. The number of rotatable bonds is 5. The number of amides is 1. The first kappa shape index (κ1) is 14.9. The zero-order valence-corrected chi connectivity index (χ0v) is 13.0. The van der Waals surface area contributed by atoms with Crippen LogP contribution in [0.1, 0.15) is 16.2 Å². The molecule has 7 heteroatoms. The molecule has 0 spiro atoms. The van der Waals surface area contributed by atoms with Crippen molar-refractivity contribution in [1.29, 1.82) is 0 Å². The fourth-order valence-corrected chi connectivity index (χ4v) is 2.31. The fraction of sp³-hybridized carbons (Fsp3) is 0.0556. The van der Waals surface area contributed by atoms with Gasteiger partial charge >= 0.3 is 0 Å². The summed E-state index contributed by atoms with van der Waals surface area (Å²) in [6.45, 7) is 0.205. The summed E-state index contributed by atoms with van der Waals surface area (Å²) in [7, 11) is 0.